The Morgan fingerprint density at radius 3 is 2.20 bits per heavy atom. The lowest BCUT2D eigenvalue weighted by Crippen LogP contribution is -2.42. The highest BCUT2D eigenvalue weighted by molar-refractivity contribution is 5.96. The van der Waals surface area contributed by atoms with Gasteiger partial charge in [0.15, 0.2) is 0 Å². The topological polar surface area (TPSA) is 133 Å². The fraction of sp³-hybridized carbons (Fsp3) is 0.154. The summed E-state index contributed by atoms with van der Waals surface area (Å²) in [5, 5.41) is 0. The predicted molar refractivity (Wildman–Crippen MR) is 74.9 cm³/mol. The van der Waals surface area contributed by atoms with Crippen LogP contribution in [-0.2, 0) is 14.4 Å². The van der Waals surface area contributed by atoms with Gasteiger partial charge in [0.05, 0.1) is 0 Å². The second-order valence-corrected chi connectivity index (χ2v) is 4.13. The molecule has 0 unspecified atom stereocenters. The monoisotopic (exact) mass is 276 g/mol. The summed E-state index contributed by atoms with van der Waals surface area (Å²) in [5.41, 5.74) is 16.9. The highest BCUT2D eigenvalue weighted by atomic mass is 16.2. The molecule has 1 aromatic rings. The molecule has 0 spiro atoms. The minimum Gasteiger partial charge on any atom is -0.399 e. The van der Waals surface area contributed by atoms with Crippen LogP contribution in [0.3, 0.4) is 0 Å². The molecule has 0 fully saturated rings. The summed E-state index contributed by atoms with van der Waals surface area (Å²) in [7, 11) is 0. The van der Waals surface area contributed by atoms with Gasteiger partial charge in [-0.3, -0.25) is 14.4 Å². The van der Waals surface area contributed by atoms with Gasteiger partial charge in [-0.1, -0.05) is 12.1 Å². The van der Waals surface area contributed by atoms with Crippen molar-refractivity contribution in [1.82, 2.24) is 4.90 Å². The first-order valence-electron chi connectivity index (χ1n) is 5.77. The zero-order chi connectivity index (χ0) is 15.1. The maximum atomic E-state index is 11.9. The first-order chi connectivity index (χ1) is 9.38. The van der Waals surface area contributed by atoms with Gasteiger partial charge in [0.2, 0.25) is 17.7 Å². The highest BCUT2D eigenvalue weighted by Gasteiger charge is 2.15. The van der Waals surface area contributed by atoms with Gasteiger partial charge in [0, 0.05) is 11.8 Å². The maximum Gasteiger partial charge on any atom is 0.247 e. The smallest absolute Gasteiger partial charge is 0.247 e. The fourth-order valence-electron chi connectivity index (χ4n) is 1.52. The number of amides is 3. The Hall–Kier alpha value is -2.83. The lowest BCUT2D eigenvalue weighted by Gasteiger charge is -2.17. The van der Waals surface area contributed by atoms with Gasteiger partial charge in [-0.15, -0.1) is 0 Å². The molecule has 20 heavy (non-hydrogen) atoms. The lowest BCUT2D eigenvalue weighted by atomic mass is 10.2. The number of anilines is 1. The molecular weight excluding hydrogens is 260 g/mol. The summed E-state index contributed by atoms with van der Waals surface area (Å²) in [6.07, 6.45) is 2.74. The van der Waals surface area contributed by atoms with Gasteiger partial charge >= 0.3 is 0 Å². The zero-order valence-corrected chi connectivity index (χ0v) is 10.8. The summed E-state index contributed by atoms with van der Waals surface area (Å²) < 4.78 is 0. The van der Waals surface area contributed by atoms with E-state index in [0.717, 1.165) is 10.5 Å². The molecule has 0 saturated heterocycles. The van der Waals surface area contributed by atoms with E-state index in [4.69, 9.17) is 17.2 Å². The zero-order valence-electron chi connectivity index (χ0n) is 10.8. The Balaban J connectivity index is 2.79. The van der Waals surface area contributed by atoms with Crippen LogP contribution in [0.2, 0.25) is 0 Å². The van der Waals surface area contributed by atoms with Crippen LogP contribution in [0.5, 0.6) is 0 Å². The lowest BCUT2D eigenvalue weighted by molar-refractivity contribution is -0.134. The molecule has 0 aliphatic heterocycles. The van der Waals surface area contributed by atoms with E-state index in [1.165, 1.54) is 12.2 Å². The van der Waals surface area contributed by atoms with Crippen molar-refractivity contribution in [2.75, 3.05) is 18.8 Å². The molecule has 0 bridgehead atoms. The Kier molecular flexibility index (Phi) is 5.28. The molecule has 0 aliphatic carbocycles. The number of hydrogen-bond donors (Lipinski definition) is 3. The number of rotatable bonds is 6. The Bertz CT molecular complexity index is 538. The van der Waals surface area contributed by atoms with E-state index in [1.807, 2.05) is 0 Å². The van der Waals surface area contributed by atoms with E-state index in [-0.39, 0.29) is 13.1 Å². The molecule has 0 radical (unpaired) electrons. The standard InChI is InChI=1S/C13H16N4O3/c14-10-3-1-2-9(6-10)4-5-13(20)17(7-11(15)18)8-12(16)19/h1-6H,7-8,14H2,(H2,15,18)(H2,16,19)/b5-4+. The molecule has 6 N–H and O–H groups in total. The minimum atomic E-state index is -0.725. The van der Waals surface area contributed by atoms with Crippen LogP contribution in [0, 0.1) is 0 Å². The van der Waals surface area contributed by atoms with Crippen molar-refractivity contribution in [2.24, 2.45) is 11.5 Å². The van der Waals surface area contributed by atoms with Gasteiger partial charge in [-0.05, 0) is 23.8 Å². The third kappa shape index (κ3) is 5.21. The Morgan fingerprint density at radius 1 is 1.10 bits per heavy atom. The summed E-state index contributed by atoms with van der Waals surface area (Å²) in [6.45, 7) is -0.744. The molecule has 0 aromatic heterocycles. The normalized spacial score (nSPS) is 10.4. The predicted octanol–water partition coefficient (Wildman–Crippen LogP) is -0.919. The Morgan fingerprint density at radius 2 is 1.70 bits per heavy atom. The van der Waals surface area contributed by atoms with E-state index in [2.05, 4.69) is 0 Å². The number of primary amides is 2. The van der Waals surface area contributed by atoms with E-state index in [0.29, 0.717) is 5.69 Å². The van der Waals surface area contributed by atoms with Gasteiger partial charge in [-0.25, -0.2) is 0 Å². The van der Waals surface area contributed by atoms with Crippen molar-refractivity contribution < 1.29 is 14.4 Å². The van der Waals surface area contributed by atoms with Gasteiger partial charge in [0.25, 0.3) is 0 Å². The molecule has 7 nitrogen and oxygen atoms in total. The molecule has 0 heterocycles. The molecule has 0 atom stereocenters. The average Bonchev–Trinajstić information content (AvgIpc) is 2.34. The molecule has 7 heteroatoms. The van der Waals surface area contributed by atoms with Crippen molar-refractivity contribution in [3.05, 3.63) is 35.9 Å². The van der Waals surface area contributed by atoms with Crippen molar-refractivity contribution in [3.8, 4) is 0 Å². The summed E-state index contributed by atoms with van der Waals surface area (Å²) in [5.74, 6) is -1.99. The number of nitrogens with two attached hydrogens (primary N) is 3. The highest BCUT2D eigenvalue weighted by Crippen LogP contribution is 2.08. The van der Waals surface area contributed by atoms with Crippen molar-refractivity contribution >= 4 is 29.5 Å². The van der Waals surface area contributed by atoms with Gasteiger partial charge < -0.3 is 22.1 Å². The number of carbonyl (C=O) groups is 3. The van der Waals surface area contributed by atoms with Crippen LogP contribution in [0.25, 0.3) is 6.08 Å². The van der Waals surface area contributed by atoms with E-state index in [9.17, 15) is 14.4 Å². The van der Waals surface area contributed by atoms with Gasteiger partial charge in [0.1, 0.15) is 13.1 Å². The molecular formula is C13H16N4O3. The van der Waals surface area contributed by atoms with Crippen LogP contribution in [0.15, 0.2) is 30.3 Å². The summed E-state index contributed by atoms with van der Waals surface area (Å²) in [6, 6.07) is 6.89. The number of nitrogens with zero attached hydrogens (tertiary/aromatic N) is 1. The molecule has 1 aromatic carbocycles. The maximum absolute atomic E-state index is 11.9. The van der Waals surface area contributed by atoms with Gasteiger partial charge in [-0.2, -0.15) is 0 Å². The largest absolute Gasteiger partial charge is 0.399 e. The summed E-state index contributed by atoms with van der Waals surface area (Å²) in [4.78, 5) is 34.5. The third-order valence-corrected chi connectivity index (χ3v) is 2.33. The van der Waals surface area contributed by atoms with Crippen LogP contribution in [-0.4, -0.2) is 35.7 Å². The molecule has 106 valence electrons. The number of nitrogen functional groups attached to an aromatic ring is 1. The molecule has 0 aliphatic rings. The quantitative estimate of drug-likeness (QED) is 0.457. The van der Waals surface area contributed by atoms with Crippen molar-refractivity contribution in [3.63, 3.8) is 0 Å². The van der Waals surface area contributed by atoms with Crippen molar-refractivity contribution in [2.45, 2.75) is 0 Å². The van der Waals surface area contributed by atoms with E-state index >= 15 is 0 Å². The SMILES string of the molecule is NC(=O)CN(CC(N)=O)C(=O)/C=C/c1cccc(N)c1. The molecule has 3 amide bonds. The second kappa shape index (κ2) is 6.93. The molecule has 0 saturated carbocycles. The van der Waals surface area contributed by atoms with Crippen molar-refractivity contribution in [1.29, 1.82) is 0 Å². The number of hydrogen-bond acceptors (Lipinski definition) is 4. The van der Waals surface area contributed by atoms with E-state index < -0.39 is 17.7 Å². The summed E-state index contributed by atoms with van der Waals surface area (Å²) >= 11 is 0. The third-order valence-electron chi connectivity index (χ3n) is 2.33. The average molecular weight is 276 g/mol. The van der Waals surface area contributed by atoms with E-state index in [1.54, 1.807) is 24.3 Å². The first kappa shape index (κ1) is 15.2. The van der Waals surface area contributed by atoms with Crippen LogP contribution < -0.4 is 17.2 Å². The number of carbonyl (C=O) groups excluding carboxylic acids is 3. The van der Waals surface area contributed by atoms with Crippen LogP contribution in [0.4, 0.5) is 5.69 Å². The first-order valence-corrected chi connectivity index (χ1v) is 5.77. The molecule has 1 rings (SSSR count). The van der Waals surface area contributed by atoms with Crippen LogP contribution >= 0.6 is 0 Å². The fourth-order valence-corrected chi connectivity index (χ4v) is 1.52. The Labute approximate surface area is 116 Å². The second-order valence-electron chi connectivity index (χ2n) is 4.13. The number of benzene rings is 1. The minimum absolute atomic E-state index is 0.372. The van der Waals surface area contributed by atoms with Crippen LogP contribution in [0.1, 0.15) is 5.56 Å².